The van der Waals surface area contributed by atoms with Crippen molar-refractivity contribution >= 4 is 33.4 Å². The quantitative estimate of drug-likeness (QED) is 0.854. The molecule has 0 unspecified atom stereocenters. The van der Waals surface area contributed by atoms with E-state index in [2.05, 4.69) is 27.0 Å². The number of halogens is 1. The van der Waals surface area contributed by atoms with Crippen LogP contribution in [0.15, 0.2) is 50.9 Å². The van der Waals surface area contributed by atoms with E-state index < -0.39 is 0 Å². The molecular weight excluding hydrogens is 284 g/mol. The highest BCUT2D eigenvalue weighted by molar-refractivity contribution is 9.10. The largest absolute Gasteiger partial charge is 0.398 e. The number of hydrogen-bond acceptors (Lipinski definition) is 3. The van der Waals surface area contributed by atoms with Gasteiger partial charge in [-0.1, -0.05) is 17.8 Å². The molecule has 0 radical (unpaired) electrons. The molecule has 0 spiro atoms. The van der Waals surface area contributed by atoms with Crippen LogP contribution in [0.1, 0.15) is 5.56 Å². The Morgan fingerprint density at radius 3 is 2.69 bits per heavy atom. The molecule has 1 aromatic carbocycles. The van der Waals surface area contributed by atoms with Crippen LogP contribution in [0.2, 0.25) is 0 Å². The molecule has 2 aromatic rings. The zero-order chi connectivity index (χ0) is 11.5. The third kappa shape index (κ3) is 2.77. The summed E-state index contributed by atoms with van der Waals surface area (Å²) >= 11 is 4.93. The highest BCUT2D eigenvalue weighted by Gasteiger charge is 2.02. The summed E-state index contributed by atoms with van der Waals surface area (Å²) in [5, 5.41) is 0.943. The van der Waals surface area contributed by atoms with Gasteiger partial charge in [-0.2, -0.15) is 0 Å². The second kappa shape index (κ2) is 4.89. The number of nitrogens with zero attached hydrogens (tertiary/aromatic N) is 1. The maximum absolute atomic E-state index is 5.94. The highest BCUT2D eigenvalue weighted by Crippen LogP contribution is 2.31. The van der Waals surface area contributed by atoms with Crippen LogP contribution in [0, 0.1) is 6.92 Å². The van der Waals surface area contributed by atoms with E-state index in [1.54, 1.807) is 18.0 Å². The molecule has 0 aliphatic carbocycles. The van der Waals surface area contributed by atoms with Gasteiger partial charge in [0.15, 0.2) is 0 Å². The third-order valence-corrected chi connectivity index (χ3v) is 3.59. The Morgan fingerprint density at radius 2 is 2.06 bits per heavy atom. The lowest BCUT2D eigenvalue weighted by molar-refractivity contribution is 1.12. The maximum atomic E-state index is 5.94. The van der Waals surface area contributed by atoms with Gasteiger partial charge in [0.25, 0.3) is 0 Å². The number of pyridine rings is 1. The molecule has 4 heteroatoms. The molecule has 1 aromatic heterocycles. The van der Waals surface area contributed by atoms with E-state index in [1.807, 2.05) is 31.2 Å². The molecule has 2 nitrogen and oxygen atoms in total. The fraction of sp³-hybridized carbons (Fsp3) is 0.0833. The average molecular weight is 295 g/mol. The van der Waals surface area contributed by atoms with Crippen molar-refractivity contribution in [1.29, 1.82) is 0 Å². The standard InChI is InChI=1S/C12H11BrN2S/c1-8-2-4-11(10(14)6-8)16-12-5-3-9(13)7-15-12/h2-7H,14H2,1H3. The Hall–Kier alpha value is -1.00. The summed E-state index contributed by atoms with van der Waals surface area (Å²) in [4.78, 5) is 5.34. The van der Waals surface area contributed by atoms with E-state index in [-0.39, 0.29) is 0 Å². The Kier molecular flexibility index (Phi) is 3.51. The first-order chi connectivity index (χ1) is 7.65. The van der Waals surface area contributed by atoms with Gasteiger partial charge in [0.1, 0.15) is 5.03 Å². The van der Waals surface area contributed by atoms with Gasteiger partial charge in [-0.15, -0.1) is 0 Å². The molecule has 0 aliphatic rings. The summed E-state index contributed by atoms with van der Waals surface area (Å²) in [6.45, 7) is 2.03. The van der Waals surface area contributed by atoms with Crippen LogP contribution < -0.4 is 5.73 Å². The minimum Gasteiger partial charge on any atom is -0.398 e. The normalized spacial score (nSPS) is 10.4. The Labute approximate surface area is 107 Å². The zero-order valence-electron chi connectivity index (χ0n) is 8.77. The fourth-order valence-corrected chi connectivity index (χ4v) is 2.31. The number of hydrogen-bond donors (Lipinski definition) is 1. The van der Waals surface area contributed by atoms with E-state index in [4.69, 9.17) is 5.73 Å². The van der Waals surface area contributed by atoms with E-state index in [1.165, 1.54) is 5.56 Å². The van der Waals surface area contributed by atoms with E-state index in [0.717, 1.165) is 20.1 Å². The number of benzene rings is 1. The van der Waals surface area contributed by atoms with E-state index in [0.29, 0.717) is 0 Å². The zero-order valence-corrected chi connectivity index (χ0v) is 11.2. The van der Waals surface area contributed by atoms with Crippen LogP contribution in [0.25, 0.3) is 0 Å². The van der Waals surface area contributed by atoms with Crippen molar-refractivity contribution in [3.63, 3.8) is 0 Å². The van der Waals surface area contributed by atoms with Gasteiger partial charge < -0.3 is 5.73 Å². The first-order valence-corrected chi connectivity index (χ1v) is 6.41. The van der Waals surface area contributed by atoms with Crippen molar-refractivity contribution in [2.75, 3.05) is 5.73 Å². The summed E-state index contributed by atoms with van der Waals surface area (Å²) in [6.07, 6.45) is 1.78. The fourth-order valence-electron chi connectivity index (χ4n) is 1.30. The van der Waals surface area contributed by atoms with Gasteiger partial charge in [0.05, 0.1) is 0 Å². The average Bonchev–Trinajstić information content (AvgIpc) is 2.25. The first kappa shape index (κ1) is 11.5. The van der Waals surface area contributed by atoms with Crippen LogP contribution in [0.5, 0.6) is 0 Å². The maximum Gasteiger partial charge on any atom is 0.101 e. The topological polar surface area (TPSA) is 38.9 Å². The van der Waals surface area contributed by atoms with Crippen molar-refractivity contribution in [3.8, 4) is 0 Å². The summed E-state index contributed by atoms with van der Waals surface area (Å²) in [6, 6.07) is 9.99. The first-order valence-electron chi connectivity index (χ1n) is 4.81. The summed E-state index contributed by atoms with van der Waals surface area (Å²) in [5.74, 6) is 0. The van der Waals surface area contributed by atoms with Crippen molar-refractivity contribution in [1.82, 2.24) is 4.98 Å². The van der Waals surface area contributed by atoms with Gasteiger partial charge in [0.2, 0.25) is 0 Å². The van der Waals surface area contributed by atoms with Crippen LogP contribution >= 0.6 is 27.7 Å². The number of nitrogen functional groups attached to an aromatic ring is 1. The minimum atomic E-state index is 0.801. The van der Waals surface area contributed by atoms with E-state index in [9.17, 15) is 0 Å². The molecule has 0 saturated heterocycles. The van der Waals surface area contributed by atoms with Crippen molar-refractivity contribution < 1.29 is 0 Å². The molecule has 0 bridgehead atoms. The molecule has 82 valence electrons. The SMILES string of the molecule is Cc1ccc(Sc2ccc(Br)cn2)c(N)c1. The molecule has 0 atom stereocenters. The lowest BCUT2D eigenvalue weighted by atomic mass is 10.2. The molecule has 0 fully saturated rings. The number of aryl methyl sites for hydroxylation is 1. The van der Waals surface area contributed by atoms with Crippen LogP contribution in [0.3, 0.4) is 0 Å². The lowest BCUT2D eigenvalue weighted by Gasteiger charge is -2.05. The van der Waals surface area contributed by atoms with Crippen LogP contribution in [0.4, 0.5) is 5.69 Å². The third-order valence-electron chi connectivity index (χ3n) is 2.08. The molecule has 2 rings (SSSR count). The van der Waals surface area contributed by atoms with Crippen molar-refractivity contribution in [3.05, 3.63) is 46.6 Å². The highest BCUT2D eigenvalue weighted by atomic mass is 79.9. The van der Waals surface area contributed by atoms with Crippen molar-refractivity contribution in [2.45, 2.75) is 16.8 Å². The molecule has 0 amide bonds. The molecule has 1 heterocycles. The Bertz CT molecular complexity index is 497. The van der Waals surface area contributed by atoms with Crippen molar-refractivity contribution in [2.24, 2.45) is 0 Å². The molecule has 16 heavy (non-hydrogen) atoms. The predicted molar refractivity (Wildman–Crippen MR) is 71.7 cm³/mol. The van der Waals surface area contributed by atoms with Gasteiger partial charge in [-0.25, -0.2) is 4.98 Å². The van der Waals surface area contributed by atoms with Crippen LogP contribution in [-0.4, -0.2) is 4.98 Å². The number of nitrogens with two attached hydrogens (primary N) is 1. The molecular formula is C12H11BrN2S. The monoisotopic (exact) mass is 294 g/mol. The van der Waals surface area contributed by atoms with Gasteiger partial charge in [-0.05, 0) is 52.7 Å². The minimum absolute atomic E-state index is 0.801. The predicted octanol–water partition coefficient (Wildman–Crippen LogP) is 3.89. The van der Waals surface area contributed by atoms with Gasteiger partial charge >= 0.3 is 0 Å². The Morgan fingerprint density at radius 1 is 1.25 bits per heavy atom. The van der Waals surface area contributed by atoms with Gasteiger partial charge in [-0.3, -0.25) is 0 Å². The second-order valence-electron chi connectivity index (χ2n) is 3.46. The number of rotatable bonds is 2. The molecule has 0 saturated carbocycles. The van der Waals surface area contributed by atoms with E-state index >= 15 is 0 Å². The molecule has 2 N–H and O–H groups in total. The van der Waals surface area contributed by atoms with Crippen LogP contribution in [-0.2, 0) is 0 Å². The summed E-state index contributed by atoms with van der Waals surface area (Å²) in [5.41, 5.74) is 7.91. The number of aromatic nitrogens is 1. The van der Waals surface area contributed by atoms with Gasteiger partial charge in [0, 0.05) is 21.3 Å². The Balaban J connectivity index is 2.23. The lowest BCUT2D eigenvalue weighted by Crippen LogP contribution is -1.89. The molecule has 0 aliphatic heterocycles. The number of anilines is 1. The summed E-state index contributed by atoms with van der Waals surface area (Å²) < 4.78 is 0.980. The summed E-state index contributed by atoms with van der Waals surface area (Å²) in [7, 11) is 0. The smallest absolute Gasteiger partial charge is 0.101 e. The second-order valence-corrected chi connectivity index (χ2v) is 5.44.